The Hall–Kier alpha value is -1.64. The average molecular weight is 287 g/mol. The standard InChI is InChI=1S/C18H25NO2/c1-11(2)9-13-5-7-14(8-6-13)15-10-16(20)19-18(21)17(15)12(3)4/h5-8,11-12,15,17H,9-10H2,1-4H3,(H,19,20,21). The van der Waals surface area contributed by atoms with E-state index < -0.39 is 0 Å². The van der Waals surface area contributed by atoms with Crippen LogP contribution in [0.2, 0.25) is 0 Å². The molecule has 2 amide bonds. The Morgan fingerprint density at radius 2 is 1.71 bits per heavy atom. The second-order valence-corrected chi connectivity index (χ2v) is 6.83. The van der Waals surface area contributed by atoms with Gasteiger partial charge in [0.2, 0.25) is 11.8 Å². The monoisotopic (exact) mass is 287 g/mol. The van der Waals surface area contributed by atoms with Gasteiger partial charge < -0.3 is 0 Å². The zero-order chi connectivity index (χ0) is 15.6. The number of hydrogen-bond donors (Lipinski definition) is 1. The smallest absolute Gasteiger partial charge is 0.230 e. The summed E-state index contributed by atoms with van der Waals surface area (Å²) in [5.74, 6) is 0.434. The predicted molar refractivity (Wildman–Crippen MR) is 83.8 cm³/mol. The highest BCUT2D eigenvalue weighted by Crippen LogP contribution is 2.36. The molecule has 2 rings (SSSR count). The maximum absolute atomic E-state index is 12.1. The predicted octanol–water partition coefficient (Wildman–Crippen LogP) is 3.29. The summed E-state index contributed by atoms with van der Waals surface area (Å²) in [5.41, 5.74) is 2.41. The molecule has 1 heterocycles. The van der Waals surface area contributed by atoms with Crippen molar-refractivity contribution in [3.05, 3.63) is 35.4 Å². The van der Waals surface area contributed by atoms with Crippen LogP contribution in [0.15, 0.2) is 24.3 Å². The molecule has 0 bridgehead atoms. The van der Waals surface area contributed by atoms with Crippen molar-refractivity contribution < 1.29 is 9.59 Å². The van der Waals surface area contributed by atoms with Crippen LogP contribution in [-0.4, -0.2) is 11.8 Å². The third kappa shape index (κ3) is 3.72. The molecule has 1 N–H and O–H groups in total. The van der Waals surface area contributed by atoms with Crippen molar-refractivity contribution in [2.24, 2.45) is 17.8 Å². The summed E-state index contributed by atoms with van der Waals surface area (Å²) >= 11 is 0. The van der Waals surface area contributed by atoms with Crippen LogP contribution in [0.1, 0.15) is 51.2 Å². The number of carbonyl (C=O) groups is 2. The lowest BCUT2D eigenvalue weighted by Gasteiger charge is -2.33. The molecule has 1 fully saturated rings. The lowest BCUT2D eigenvalue weighted by atomic mass is 9.74. The van der Waals surface area contributed by atoms with Crippen molar-refractivity contribution >= 4 is 11.8 Å². The van der Waals surface area contributed by atoms with Gasteiger partial charge in [-0.1, -0.05) is 52.0 Å². The van der Waals surface area contributed by atoms with Crippen molar-refractivity contribution in [1.82, 2.24) is 5.32 Å². The van der Waals surface area contributed by atoms with Gasteiger partial charge in [-0.2, -0.15) is 0 Å². The zero-order valence-corrected chi connectivity index (χ0v) is 13.3. The van der Waals surface area contributed by atoms with Gasteiger partial charge >= 0.3 is 0 Å². The lowest BCUT2D eigenvalue weighted by Crippen LogP contribution is -2.46. The van der Waals surface area contributed by atoms with Gasteiger partial charge in [0.25, 0.3) is 0 Å². The Morgan fingerprint density at radius 1 is 1.10 bits per heavy atom. The molecule has 0 spiro atoms. The quantitative estimate of drug-likeness (QED) is 0.864. The van der Waals surface area contributed by atoms with Crippen LogP contribution >= 0.6 is 0 Å². The Morgan fingerprint density at radius 3 is 2.24 bits per heavy atom. The molecular formula is C18H25NO2. The van der Waals surface area contributed by atoms with Gasteiger partial charge in [-0.15, -0.1) is 0 Å². The number of rotatable bonds is 4. The van der Waals surface area contributed by atoms with E-state index in [4.69, 9.17) is 0 Å². The van der Waals surface area contributed by atoms with Gasteiger partial charge in [-0.25, -0.2) is 0 Å². The molecule has 1 aromatic rings. The van der Waals surface area contributed by atoms with Crippen LogP contribution in [0.25, 0.3) is 0 Å². The average Bonchev–Trinajstić information content (AvgIpc) is 2.37. The molecule has 114 valence electrons. The first-order valence-corrected chi connectivity index (χ1v) is 7.81. The van der Waals surface area contributed by atoms with Crippen LogP contribution in [0.3, 0.4) is 0 Å². The van der Waals surface area contributed by atoms with Crippen LogP contribution < -0.4 is 5.32 Å². The molecule has 2 atom stereocenters. The van der Waals surface area contributed by atoms with E-state index in [1.807, 2.05) is 13.8 Å². The van der Waals surface area contributed by atoms with Gasteiger partial charge in [-0.3, -0.25) is 14.9 Å². The summed E-state index contributed by atoms with van der Waals surface area (Å²) in [5, 5.41) is 2.47. The number of carbonyl (C=O) groups excluding carboxylic acids is 2. The van der Waals surface area contributed by atoms with Crippen molar-refractivity contribution in [2.75, 3.05) is 0 Å². The maximum Gasteiger partial charge on any atom is 0.230 e. The van der Waals surface area contributed by atoms with Crippen molar-refractivity contribution in [2.45, 2.75) is 46.5 Å². The van der Waals surface area contributed by atoms with E-state index in [9.17, 15) is 9.59 Å². The Bertz CT molecular complexity index is 517. The molecule has 3 heteroatoms. The molecule has 21 heavy (non-hydrogen) atoms. The minimum atomic E-state index is -0.159. The van der Waals surface area contributed by atoms with E-state index in [2.05, 4.69) is 43.4 Å². The first-order chi connectivity index (χ1) is 9.88. The first kappa shape index (κ1) is 15.7. The highest BCUT2D eigenvalue weighted by molar-refractivity contribution is 6.00. The van der Waals surface area contributed by atoms with Gasteiger partial charge in [0.1, 0.15) is 0 Å². The number of hydrogen-bond acceptors (Lipinski definition) is 2. The van der Waals surface area contributed by atoms with Gasteiger partial charge in [0, 0.05) is 18.3 Å². The van der Waals surface area contributed by atoms with E-state index >= 15 is 0 Å². The second kappa shape index (κ2) is 6.42. The van der Waals surface area contributed by atoms with Gasteiger partial charge in [0.15, 0.2) is 0 Å². The van der Waals surface area contributed by atoms with Crippen molar-refractivity contribution in [3.8, 4) is 0 Å². The van der Waals surface area contributed by atoms with E-state index in [1.165, 1.54) is 5.56 Å². The minimum Gasteiger partial charge on any atom is -0.296 e. The van der Waals surface area contributed by atoms with Gasteiger partial charge in [0.05, 0.1) is 0 Å². The van der Waals surface area contributed by atoms with Crippen LogP contribution in [0.4, 0.5) is 0 Å². The fraction of sp³-hybridized carbons (Fsp3) is 0.556. The second-order valence-electron chi connectivity index (χ2n) is 6.83. The van der Waals surface area contributed by atoms with E-state index in [-0.39, 0.29) is 29.6 Å². The van der Waals surface area contributed by atoms with Crippen LogP contribution in [0.5, 0.6) is 0 Å². The Kier molecular flexibility index (Phi) is 4.81. The lowest BCUT2D eigenvalue weighted by molar-refractivity contribution is -0.138. The molecule has 0 aliphatic carbocycles. The van der Waals surface area contributed by atoms with E-state index in [1.54, 1.807) is 0 Å². The summed E-state index contributed by atoms with van der Waals surface area (Å²) in [6.07, 6.45) is 1.45. The van der Waals surface area contributed by atoms with Crippen LogP contribution in [0, 0.1) is 17.8 Å². The molecule has 3 nitrogen and oxygen atoms in total. The normalized spacial score (nSPS) is 22.8. The van der Waals surface area contributed by atoms with Crippen LogP contribution in [-0.2, 0) is 16.0 Å². The molecule has 1 aromatic carbocycles. The van der Waals surface area contributed by atoms with E-state index in [0.717, 1.165) is 12.0 Å². The van der Waals surface area contributed by atoms with Crippen molar-refractivity contribution in [3.63, 3.8) is 0 Å². The SMILES string of the molecule is CC(C)Cc1ccc(C2CC(=O)NC(=O)C2C(C)C)cc1. The number of amides is 2. The first-order valence-electron chi connectivity index (χ1n) is 7.81. The highest BCUT2D eigenvalue weighted by atomic mass is 16.2. The summed E-state index contributed by atoms with van der Waals surface area (Å²) < 4.78 is 0. The molecule has 0 radical (unpaired) electrons. The zero-order valence-electron chi connectivity index (χ0n) is 13.3. The third-order valence-electron chi connectivity index (χ3n) is 4.17. The summed E-state index contributed by atoms with van der Waals surface area (Å²) in [7, 11) is 0. The third-order valence-corrected chi connectivity index (χ3v) is 4.17. The summed E-state index contributed by atoms with van der Waals surface area (Å²) in [6, 6.07) is 8.43. The molecule has 0 saturated carbocycles. The molecule has 1 aliphatic rings. The molecule has 1 aliphatic heterocycles. The summed E-state index contributed by atoms with van der Waals surface area (Å²) in [4.78, 5) is 23.8. The number of nitrogens with one attached hydrogen (secondary N) is 1. The number of imide groups is 1. The highest BCUT2D eigenvalue weighted by Gasteiger charge is 2.38. The maximum atomic E-state index is 12.1. The largest absolute Gasteiger partial charge is 0.296 e. The topological polar surface area (TPSA) is 46.2 Å². The number of piperidine rings is 1. The summed E-state index contributed by atoms with van der Waals surface area (Å²) in [6.45, 7) is 8.49. The van der Waals surface area contributed by atoms with Gasteiger partial charge in [-0.05, 0) is 29.4 Å². The fourth-order valence-corrected chi connectivity index (χ4v) is 3.25. The Labute approximate surface area is 127 Å². The number of benzene rings is 1. The Balaban J connectivity index is 2.24. The molecular weight excluding hydrogens is 262 g/mol. The minimum absolute atomic E-state index is 0.000602. The van der Waals surface area contributed by atoms with Crippen molar-refractivity contribution in [1.29, 1.82) is 0 Å². The van der Waals surface area contributed by atoms with E-state index in [0.29, 0.717) is 12.3 Å². The fourth-order valence-electron chi connectivity index (χ4n) is 3.25. The molecule has 1 saturated heterocycles. The molecule has 0 aromatic heterocycles. The molecule has 2 unspecified atom stereocenters.